The van der Waals surface area contributed by atoms with E-state index in [1.165, 1.54) is 11.6 Å². The molecule has 2 aromatic heterocycles. The Hall–Kier alpha value is -3.80. The first-order chi connectivity index (χ1) is 14.2. The second-order valence-electron chi connectivity index (χ2n) is 6.43. The number of carbonyl (C=O) groups is 1. The molecule has 0 N–H and O–H groups in total. The van der Waals surface area contributed by atoms with Crippen molar-refractivity contribution >= 4 is 22.9 Å². The van der Waals surface area contributed by atoms with Gasteiger partial charge in [-0.3, -0.25) is 4.98 Å². The Balaban J connectivity index is 1.38. The van der Waals surface area contributed by atoms with Crippen LogP contribution in [0.15, 0.2) is 71.4 Å². The van der Waals surface area contributed by atoms with Crippen LogP contribution in [0.4, 0.5) is 0 Å². The van der Waals surface area contributed by atoms with E-state index in [1.54, 1.807) is 12.3 Å². The minimum atomic E-state index is -0.495. The number of fused-ring (bicyclic) bond motifs is 1. The van der Waals surface area contributed by atoms with Gasteiger partial charge in [-0.25, -0.2) is 4.79 Å². The van der Waals surface area contributed by atoms with Crippen LogP contribution in [0.2, 0.25) is 0 Å². The van der Waals surface area contributed by atoms with E-state index >= 15 is 0 Å². The van der Waals surface area contributed by atoms with Gasteiger partial charge in [-0.2, -0.15) is 4.98 Å². The summed E-state index contributed by atoms with van der Waals surface area (Å²) in [5.74, 6) is 0.217. The maximum Gasteiger partial charge on any atom is 0.331 e. The molecule has 2 heterocycles. The second-order valence-corrected chi connectivity index (χ2v) is 6.43. The predicted molar refractivity (Wildman–Crippen MR) is 110 cm³/mol. The third-order valence-electron chi connectivity index (χ3n) is 4.49. The van der Waals surface area contributed by atoms with Crippen LogP contribution in [0.5, 0.6) is 0 Å². The number of nitrogens with zero attached hydrogens (tertiary/aromatic N) is 3. The molecule has 6 heteroatoms. The van der Waals surface area contributed by atoms with Crippen LogP contribution in [-0.2, 0) is 22.6 Å². The first-order valence-electron chi connectivity index (χ1n) is 9.33. The summed E-state index contributed by atoms with van der Waals surface area (Å²) in [6.45, 7) is 2.01. The number of aromatic nitrogens is 3. The van der Waals surface area contributed by atoms with Crippen LogP contribution in [0, 0.1) is 0 Å². The van der Waals surface area contributed by atoms with Crippen molar-refractivity contribution in [2.45, 2.75) is 20.0 Å². The van der Waals surface area contributed by atoms with Crippen LogP contribution in [0.3, 0.4) is 0 Å². The molecule has 0 aliphatic heterocycles. The lowest BCUT2D eigenvalue weighted by Crippen LogP contribution is -2.01. The number of aryl methyl sites for hydroxylation is 1. The van der Waals surface area contributed by atoms with Crippen molar-refractivity contribution in [2.75, 3.05) is 0 Å². The molecule has 0 atom stereocenters. The smallest absolute Gasteiger partial charge is 0.331 e. The van der Waals surface area contributed by atoms with E-state index in [4.69, 9.17) is 9.26 Å². The van der Waals surface area contributed by atoms with Crippen molar-refractivity contribution in [3.63, 3.8) is 0 Å². The maximum absolute atomic E-state index is 12.1. The lowest BCUT2D eigenvalue weighted by Gasteiger charge is -2.01. The van der Waals surface area contributed by atoms with E-state index < -0.39 is 5.97 Å². The Morgan fingerprint density at radius 2 is 1.93 bits per heavy atom. The molecule has 0 unspecified atom stereocenters. The Morgan fingerprint density at radius 1 is 1.10 bits per heavy atom. The van der Waals surface area contributed by atoms with E-state index in [9.17, 15) is 4.79 Å². The Labute approximate surface area is 167 Å². The summed E-state index contributed by atoms with van der Waals surface area (Å²) in [6, 6.07) is 17.6. The number of hydrogen-bond donors (Lipinski definition) is 0. The monoisotopic (exact) mass is 385 g/mol. The molecule has 0 saturated heterocycles. The Bertz CT molecular complexity index is 1160. The lowest BCUT2D eigenvalue weighted by molar-refractivity contribution is -0.139. The van der Waals surface area contributed by atoms with Crippen molar-refractivity contribution in [1.82, 2.24) is 15.1 Å². The molecule has 2 aromatic carbocycles. The number of benzene rings is 2. The summed E-state index contributed by atoms with van der Waals surface area (Å²) in [6.07, 6.45) is 5.74. The molecular weight excluding hydrogens is 366 g/mol. The van der Waals surface area contributed by atoms with Crippen LogP contribution in [0.25, 0.3) is 28.4 Å². The zero-order chi connectivity index (χ0) is 20.1. The van der Waals surface area contributed by atoms with Gasteiger partial charge in [0.2, 0.25) is 5.82 Å². The summed E-state index contributed by atoms with van der Waals surface area (Å²) >= 11 is 0. The van der Waals surface area contributed by atoms with Crippen molar-refractivity contribution in [2.24, 2.45) is 0 Å². The highest BCUT2D eigenvalue weighted by Crippen LogP contribution is 2.18. The third-order valence-corrected chi connectivity index (χ3v) is 4.49. The van der Waals surface area contributed by atoms with Gasteiger partial charge in [0.05, 0.1) is 5.52 Å². The molecular formula is C23H19N3O3. The fourth-order valence-corrected chi connectivity index (χ4v) is 2.92. The molecule has 0 spiro atoms. The number of esters is 1. The lowest BCUT2D eigenvalue weighted by atomic mass is 10.1. The molecule has 0 bridgehead atoms. The second kappa shape index (κ2) is 8.48. The van der Waals surface area contributed by atoms with E-state index in [1.807, 2.05) is 54.6 Å². The highest BCUT2D eigenvalue weighted by Gasteiger charge is 2.10. The van der Waals surface area contributed by atoms with Gasteiger partial charge in [-0.15, -0.1) is 0 Å². The summed E-state index contributed by atoms with van der Waals surface area (Å²) in [4.78, 5) is 20.7. The van der Waals surface area contributed by atoms with E-state index in [2.05, 4.69) is 22.0 Å². The SMILES string of the molecule is CCc1ccc(-c2noc(COC(=O)/C=C/c3cccc4cccnc34)n2)cc1. The van der Waals surface area contributed by atoms with Gasteiger partial charge in [0, 0.05) is 28.8 Å². The quantitative estimate of drug-likeness (QED) is 0.356. The van der Waals surface area contributed by atoms with Gasteiger partial charge >= 0.3 is 5.97 Å². The van der Waals surface area contributed by atoms with Crippen LogP contribution < -0.4 is 0 Å². The normalized spacial score (nSPS) is 11.2. The third kappa shape index (κ3) is 4.38. The summed E-state index contributed by atoms with van der Waals surface area (Å²) < 4.78 is 10.4. The average molecular weight is 385 g/mol. The molecule has 0 radical (unpaired) electrons. The number of para-hydroxylation sites is 1. The van der Waals surface area contributed by atoms with Crippen molar-refractivity contribution in [1.29, 1.82) is 0 Å². The molecule has 4 rings (SSSR count). The molecule has 144 valence electrons. The molecule has 29 heavy (non-hydrogen) atoms. The van der Waals surface area contributed by atoms with E-state index in [-0.39, 0.29) is 12.5 Å². The molecule has 0 saturated carbocycles. The molecule has 0 amide bonds. The molecule has 6 nitrogen and oxygen atoms in total. The van der Waals surface area contributed by atoms with Gasteiger partial charge in [0.1, 0.15) is 0 Å². The van der Waals surface area contributed by atoms with E-state index in [0.29, 0.717) is 5.82 Å². The van der Waals surface area contributed by atoms with Gasteiger partial charge < -0.3 is 9.26 Å². The Morgan fingerprint density at radius 3 is 2.76 bits per heavy atom. The maximum atomic E-state index is 12.1. The molecule has 0 aliphatic carbocycles. The first-order valence-corrected chi connectivity index (χ1v) is 9.33. The highest BCUT2D eigenvalue weighted by molar-refractivity contribution is 5.92. The fourth-order valence-electron chi connectivity index (χ4n) is 2.92. The zero-order valence-corrected chi connectivity index (χ0v) is 15.9. The topological polar surface area (TPSA) is 78.1 Å². The molecule has 0 aliphatic rings. The Kier molecular flexibility index (Phi) is 5.42. The van der Waals surface area contributed by atoms with Crippen molar-refractivity contribution < 1.29 is 14.1 Å². The van der Waals surface area contributed by atoms with Gasteiger partial charge in [-0.05, 0) is 24.1 Å². The summed E-state index contributed by atoms with van der Waals surface area (Å²) in [5, 5.41) is 4.95. The number of hydrogen-bond acceptors (Lipinski definition) is 6. The standard InChI is InChI=1S/C23H19N3O3/c1-2-16-8-10-19(11-9-16)23-25-20(29-26-23)15-28-21(27)13-12-18-6-3-5-17-7-4-14-24-22(17)18/h3-14H,2,15H2,1H3/b13-12+. The zero-order valence-electron chi connectivity index (χ0n) is 15.9. The van der Waals surface area contributed by atoms with E-state index in [0.717, 1.165) is 28.5 Å². The highest BCUT2D eigenvalue weighted by atomic mass is 16.6. The molecule has 0 fully saturated rings. The minimum absolute atomic E-state index is 0.0863. The van der Waals surface area contributed by atoms with Crippen LogP contribution in [0.1, 0.15) is 23.9 Å². The first kappa shape index (κ1) is 18.6. The van der Waals surface area contributed by atoms with Gasteiger partial charge in [-0.1, -0.05) is 60.6 Å². The van der Waals surface area contributed by atoms with Crippen LogP contribution >= 0.6 is 0 Å². The predicted octanol–water partition coefficient (Wildman–Crippen LogP) is 4.60. The van der Waals surface area contributed by atoms with Gasteiger partial charge in [0.15, 0.2) is 6.61 Å². The largest absolute Gasteiger partial charge is 0.452 e. The number of pyridine rings is 1. The van der Waals surface area contributed by atoms with Gasteiger partial charge in [0.25, 0.3) is 5.89 Å². The summed E-state index contributed by atoms with van der Waals surface area (Å²) in [7, 11) is 0. The summed E-state index contributed by atoms with van der Waals surface area (Å²) in [5.41, 5.74) is 3.76. The van der Waals surface area contributed by atoms with Crippen molar-refractivity contribution in [3.8, 4) is 11.4 Å². The number of rotatable bonds is 6. The number of ether oxygens (including phenoxy) is 1. The van der Waals surface area contributed by atoms with Crippen molar-refractivity contribution in [3.05, 3.63) is 83.9 Å². The van der Waals surface area contributed by atoms with Crippen LogP contribution in [-0.4, -0.2) is 21.1 Å². The molecule has 4 aromatic rings. The fraction of sp³-hybridized carbons (Fsp3) is 0.130. The minimum Gasteiger partial charge on any atom is -0.452 e. The average Bonchev–Trinajstić information content (AvgIpc) is 3.25. The number of carbonyl (C=O) groups excluding carboxylic acids is 1.